The molecule has 112 valence electrons. The van der Waals surface area contributed by atoms with Crippen LogP contribution in [0.5, 0.6) is 5.75 Å². The number of para-hydroxylation sites is 1. The third-order valence-corrected chi connectivity index (χ3v) is 3.07. The molecule has 1 amide bonds. The monoisotopic (exact) mass is 298 g/mol. The van der Waals surface area contributed by atoms with Crippen LogP contribution in [0, 0.1) is 6.92 Å². The van der Waals surface area contributed by atoms with Crippen molar-refractivity contribution in [2.24, 2.45) is 0 Å². The first-order chi connectivity index (χ1) is 10.7. The number of nitrogens with one attached hydrogen (secondary N) is 2. The third-order valence-electron chi connectivity index (χ3n) is 3.07. The van der Waals surface area contributed by atoms with Crippen LogP contribution in [-0.2, 0) is 0 Å². The third kappa shape index (κ3) is 2.69. The average Bonchev–Trinajstić information content (AvgIpc) is 3.16. The highest BCUT2D eigenvalue weighted by Gasteiger charge is 2.14. The van der Waals surface area contributed by atoms with Gasteiger partial charge in [-0.3, -0.25) is 9.89 Å². The Balaban J connectivity index is 1.80. The second-order valence-electron chi connectivity index (χ2n) is 4.65. The second kappa shape index (κ2) is 5.72. The number of H-pyrrole nitrogens is 1. The van der Waals surface area contributed by atoms with E-state index in [1.54, 1.807) is 26.2 Å². The Morgan fingerprint density at radius 1 is 1.32 bits per heavy atom. The zero-order valence-electron chi connectivity index (χ0n) is 12.1. The molecule has 0 radical (unpaired) electrons. The van der Waals surface area contributed by atoms with Crippen molar-refractivity contribution in [1.82, 2.24) is 15.4 Å². The van der Waals surface area contributed by atoms with Gasteiger partial charge in [0, 0.05) is 17.7 Å². The quantitative estimate of drug-likeness (QED) is 0.772. The summed E-state index contributed by atoms with van der Waals surface area (Å²) in [6, 6.07) is 10.8. The summed E-state index contributed by atoms with van der Waals surface area (Å²) in [5, 5.41) is 13.3. The van der Waals surface area contributed by atoms with Gasteiger partial charge in [0.1, 0.15) is 5.75 Å². The minimum absolute atomic E-state index is 0.138. The highest BCUT2D eigenvalue weighted by Crippen LogP contribution is 2.29. The molecule has 0 atom stereocenters. The summed E-state index contributed by atoms with van der Waals surface area (Å²) >= 11 is 0. The number of nitrogens with zero attached hydrogens (tertiary/aromatic N) is 2. The van der Waals surface area contributed by atoms with Gasteiger partial charge in [0.15, 0.2) is 5.82 Å². The number of hydrogen-bond acceptors (Lipinski definition) is 5. The molecule has 7 nitrogen and oxygen atoms in total. The van der Waals surface area contributed by atoms with Crippen LogP contribution in [0.25, 0.3) is 11.3 Å². The molecule has 0 bridgehead atoms. The van der Waals surface area contributed by atoms with Gasteiger partial charge < -0.3 is 14.6 Å². The van der Waals surface area contributed by atoms with E-state index in [-0.39, 0.29) is 5.76 Å². The molecule has 0 unspecified atom stereocenters. The molecule has 3 aromatic rings. The Morgan fingerprint density at radius 3 is 2.86 bits per heavy atom. The van der Waals surface area contributed by atoms with E-state index < -0.39 is 5.91 Å². The molecule has 1 aromatic carbocycles. The topological polar surface area (TPSA) is 93.0 Å². The summed E-state index contributed by atoms with van der Waals surface area (Å²) in [5.74, 6) is 0.841. The first kappa shape index (κ1) is 13.9. The van der Waals surface area contributed by atoms with E-state index in [1.165, 1.54) is 0 Å². The number of anilines is 1. The smallest absolute Gasteiger partial charge is 0.295 e. The minimum Gasteiger partial charge on any atom is -0.496 e. The average molecular weight is 298 g/mol. The lowest BCUT2D eigenvalue weighted by Gasteiger charge is -2.04. The van der Waals surface area contributed by atoms with E-state index in [2.05, 4.69) is 20.7 Å². The normalized spacial score (nSPS) is 10.5. The second-order valence-corrected chi connectivity index (χ2v) is 4.65. The van der Waals surface area contributed by atoms with Crippen molar-refractivity contribution in [2.75, 3.05) is 12.4 Å². The first-order valence-electron chi connectivity index (χ1n) is 6.61. The van der Waals surface area contributed by atoms with Crippen LogP contribution in [0.3, 0.4) is 0 Å². The number of benzene rings is 1. The fraction of sp³-hybridized carbons (Fsp3) is 0.133. The molecule has 0 saturated heterocycles. The fourth-order valence-corrected chi connectivity index (χ4v) is 2.04. The molecule has 2 aromatic heterocycles. The summed E-state index contributed by atoms with van der Waals surface area (Å²) < 4.78 is 10.2. The zero-order chi connectivity index (χ0) is 15.5. The highest BCUT2D eigenvalue weighted by atomic mass is 16.5. The zero-order valence-corrected chi connectivity index (χ0v) is 12.1. The van der Waals surface area contributed by atoms with Gasteiger partial charge in [-0.25, -0.2) is 0 Å². The van der Waals surface area contributed by atoms with Gasteiger partial charge in [0.05, 0.1) is 18.5 Å². The van der Waals surface area contributed by atoms with Crippen LogP contribution in [0.1, 0.15) is 16.2 Å². The molecule has 0 saturated carbocycles. The predicted molar refractivity (Wildman–Crippen MR) is 79.8 cm³/mol. The van der Waals surface area contributed by atoms with Crippen molar-refractivity contribution < 1.29 is 14.1 Å². The SMILES string of the molecule is COc1ccccc1-c1cc(NC(=O)c2cc(C)no2)n[nH]1. The molecule has 0 aliphatic rings. The molecular formula is C15H14N4O3. The number of methoxy groups -OCH3 is 1. The standard InChI is InChI=1S/C15H14N4O3/c1-9-7-13(22-19-9)15(20)16-14-8-11(17-18-14)10-5-3-4-6-12(10)21-2/h3-8H,1-2H3,(H2,16,17,18,20). The number of aromatic amines is 1. The Hall–Kier alpha value is -3.09. The molecule has 2 heterocycles. The molecular weight excluding hydrogens is 284 g/mol. The Morgan fingerprint density at radius 2 is 2.14 bits per heavy atom. The maximum absolute atomic E-state index is 12.0. The van der Waals surface area contributed by atoms with Gasteiger partial charge in [-0.15, -0.1) is 0 Å². The number of aryl methyl sites for hydroxylation is 1. The number of carbonyl (C=O) groups is 1. The van der Waals surface area contributed by atoms with E-state index in [0.29, 0.717) is 11.5 Å². The Labute approximate surface area is 126 Å². The van der Waals surface area contributed by atoms with Crippen LogP contribution in [0.4, 0.5) is 5.82 Å². The molecule has 0 fully saturated rings. The highest BCUT2D eigenvalue weighted by molar-refractivity contribution is 6.01. The van der Waals surface area contributed by atoms with E-state index in [4.69, 9.17) is 9.26 Å². The summed E-state index contributed by atoms with van der Waals surface area (Å²) in [7, 11) is 1.60. The lowest BCUT2D eigenvalue weighted by molar-refractivity contribution is 0.0987. The van der Waals surface area contributed by atoms with Crippen molar-refractivity contribution in [1.29, 1.82) is 0 Å². The molecule has 3 rings (SSSR count). The predicted octanol–water partition coefficient (Wildman–Crippen LogP) is 2.63. The van der Waals surface area contributed by atoms with Crippen LogP contribution in [0.2, 0.25) is 0 Å². The van der Waals surface area contributed by atoms with Gasteiger partial charge in [-0.2, -0.15) is 5.10 Å². The van der Waals surface area contributed by atoms with Gasteiger partial charge in [0.25, 0.3) is 5.91 Å². The molecule has 22 heavy (non-hydrogen) atoms. The van der Waals surface area contributed by atoms with E-state index in [0.717, 1.165) is 17.0 Å². The van der Waals surface area contributed by atoms with Crippen LogP contribution < -0.4 is 10.1 Å². The summed E-state index contributed by atoms with van der Waals surface area (Å²) in [5.41, 5.74) is 2.23. The van der Waals surface area contributed by atoms with Gasteiger partial charge in [-0.05, 0) is 19.1 Å². The first-order valence-corrected chi connectivity index (χ1v) is 6.61. The van der Waals surface area contributed by atoms with Crippen LogP contribution >= 0.6 is 0 Å². The molecule has 0 aliphatic carbocycles. The number of ether oxygens (including phenoxy) is 1. The number of carbonyl (C=O) groups excluding carboxylic acids is 1. The lowest BCUT2D eigenvalue weighted by Crippen LogP contribution is -2.11. The number of amides is 1. The number of aromatic nitrogens is 3. The number of rotatable bonds is 4. The molecule has 2 N–H and O–H groups in total. The van der Waals surface area contributed by atoms with Crippen molar-refractivity contribution >= 4 is 11.7 Å². The van der Waals surface area contributed by atoms with Gasteiger partial charge in [0.2, 0.25) is 5.76 Å². The van der Waals surface area contributed by atoms with Crippen molar-refractivity contribution in [3.63, 3.8) is 0 Å². The van der Waals surface area contributed by atoms with Crippen molar-refractivity contribution in [3.05, 3.63) is 47.9 Å². The summed E-state index contributed by atoms with van der Waals surface area (Å²) in [4.78, 5) is 12.0. The van der Waals surface area contributed by atoms with Crippen LogP contribution in [0.15, 0.2) is 40.9 Å². The van der Waals surface area contributed by atoms with E-state index in [1.807, 2.05) is 24.3 Å². The summed E-state index contributed by atoms with van der Waals surface area (Å²) in [6.45, 7) is 1.74. The molecule has 0 aliphatic heterocycles. The van der Waals surface area contributed by atoms with Gasteiger partial charge in [-0.1, -0.05) is 17.3 Å². The van der Waals surface area contributed by atoms with Gasteiger partial charge >= 0.3 is 0 Å². The maximum atomic E-state index is 12.0. The Kier molecular flexibility index (Phi) is 3.61. The van der Waals surface area contributed by atoms with Crippen molar-refractivity contribution in [3.8, 4) is 17.0 Å². The Bertz CT molecular complexity index is 806. The largest absolute Gasteiger partial charge is 0.496 e. The molecule has 0 spiro atoms. The molecule has 7 heteroatoms. The fourth-order valence-electron chi connectivity index (χ4n) is 2.04. The van der Waals surface area contributed by atoms with E-state index in [9.17, 15) is 4.79 Å². The van der Waals surface area contributed by atoms with Crippen molar-refractivity contribution in [2.45, 2.75) is 6.92 Å². The minimum atomic E-state index is -0.404. The van der Waals surface area contributed by atoms with Crippen LogP contribution in [-0.4, -0.2) is 28.4 Å². The maximum Gasteiger partial charge on any atom is 0.295 e. The summed E-state index contributed by atoms with van der Waals surface area (Å²) in [6.07, 6.45) is 0. The number of hydrogen-bond donors (Lipinski definition) is 2. The lowest BCUT2D eigenvalue weighted by atomic mass is 10.1. The van der Waals surface area contributed by atoms with E-state index >= 15 is 0 Å².